The van der Waals surface area contributed by atoms with Crippen LogP contribution in [-0.2, 0) is 0 Å². The number of hydrogen-bond acceptors (Lipinski definition) is 1. The third-order valence-electron chi connectivity index (χ3n) is 13.8. The molecule has 0 aliphatic rings. The summed E-state index contributed by atoms with van der Waals surface area (Å²) in [5.74, 6) is 0. The molecule has 0 spiro atoms. The number of halogens is 1. The molecule has 0 saturated carbocycles. The summed E-state index contributed by atoms with van der Waals surface area (Å²) in [5.41, 5.74) is 3.61. The van der Waals surface area contributed by atoms with E-state index in [0.29, 0.717) is 43.3 Å². The Balaban J connectivity index is -0.000000116. The van der Waals surface area contributed by atoms with Crippen molar-refractivity contribution in [3.63, 3.8) is 0 Å². The largest absolute Gasteiger partial charge is 0.396 e. The van der Waals surface area contributed by atoms with E-state index in [1.807, 2.05) is 13.8 Å². The van der Waals surface area contributed by atoms with Crippen molar-refractivity contribution in [3.05, 3.63) is 0 Å². The average Bonchev–Trinajstić information content (AvgIpc) is 2.74. The highest BCUT2D eigenvalue weighted by molar-refractivity contribution is 4.82. The first-order valence-electron chi connectivity index (χ1n) is 19.8. The van der Waals surface area contributed by atoms with Crippen molar-refractivity contribution >= 4 is 0 Å². The van der Waals surface area contributed by atoms with Gasteiger partial charge in [-0.2, -0.15) is 0 Å². The van der Waals surface area contributed by atoms with E-state index in [4.69, 9.17) is 5.11 Å². The molecule has 0 saturated heterocycles. The molecule has 0 aromatic carbocycles. The Morgan fingerprint density at radius 1 is 0.240 bits per heavy atom. The van der Waals surface area contributed by atoms with Gasteiger partial charge in [-0.1, -0.05) is 235 Å². The van der Waals surface area contributed by atoms with Gasteiger partial charge in [0.2, 0.25) is 0 Å². The van der Waals surface area contributed by atoms with Crippen molar-refractivity contribution in [1.29, 1.82) is 0 Å². The lowest BCUT2D eigenvalue weighted by molar-refractivity contribution is 0.0503. The summed E-state index contributed by atoms with van der Waals surface area (Å²) in [6, 6.07) is 0. The molecule has 0 aromatic rings. The topological polar surface area (TPSA) is 20.2 Å². The molecule has 2 heteroatoms. The Morgan fingerprint density at radius 3 is 0.360 bits per heavy atom. The second-order valence-electron chi connectivity index (χ2n) is 26.6. The van der Waals surface area contributed by atoms with Crippen LogP contribution >= 0.6 is 0 Å². The van der Waals surface area contributed by atoms with E-state index in [-0.39, 0.29) is 34.9 Å². The van der Waals surface area contributed by atoms with Crippen LogP contribution < -0.4 is 0 Å². The van der Waals surface area contributed by atoms with Gasteiger partial charge >= 0.3 is 0 Å². The molecule has 1 nitrogen and oxygen atoms in total. The van der Waals surface area contributed by atoms with Crippen LogP contribution in [0.25, 0.3) is 0 Å². The Kier molecular flexibility index (Phi) is 25.4. The van der Waals surface area contributed by atoms with Gasteiger partial charge in [0.15, 0.2) is 0 Å². The highest BCUT2D eigenvalue weighted by atomic mass is 19.1. The molecule has 0 aliphatic heterocycles. The van der Waals surface area contributed by atoms with Crippen molar-refractivity contribution in [1.82, 2.24) is 0 Å². The van der Waals surface area contributed by atoms with Crippen LogP contribution in [0.2, 0.25) is 0 Å². The molecule has 1 N–H and O–H groups in total. The molecule has 0 bridgehead atoms. The normalized spacial score (nSPS) is 14.2. The first-order chi connectivity index (χ1) is 20.6. The molecule has 0 heterocycles. The van der Waals surface area contributed by atoms with Crippen molar-refractivity contribution in [2.24, 2.45) is 65.0 Å². The lowest BCUT2D eigenvalue weighted by Gasteiger charge is -2.36. The average molecular weight is 719 g/mol. The van der Waals surface area contributed by atoms with Gasteiger partial charge in [0.05, 0.1) is 6.67 Å². The van der Waals surface area contributed by atoms with Crippen LogP contribution in [0.3, 0.4) is 0 Å². The Hall–Kier alpha value is -0.110. The van der Waals surface area contributed by atoms with E-state index in [1.165, 1.54) is 0 Å². The number of aliphatic hydroxyl groups excluding tert-OH is 1. The fourth-order valence-corrected chi connectivity index (χ4v) is 0.438. The second-order valence-corrected chi connectivity index (χ2v) is 26.6. The number of alkyl halides is 1. The van der Waals surface area contributed by atoms with E-state index in [1.54, 1.807) is 0 Å². The van der Waals surface area contributed by atoms with Crippen molar-refractivity contribution in [2.75, 3.05) is 13.3 Å². The van der Waals surface area contributed by atoms with Gasteiger partial charge in [-0.25, -0.2) is 0 Å². The predicted octanol–water partition coefficient (Wildman–Crippen LogP) is 17.4. The van der Waals surface area contributed by atoms with E-state index in [9.17, 15) is 4.39 Å². The smallest absolute Gasteiger partial charge is 0.0950 e. The lowest BCUT2D eigenvalue weighted by atomic mass is 9.70. The third kappa shape index (κ3) is 29.4. The van der Waals surface area contributed by atoms with Crippen molar-refractivity contribution in [3.8, 4) is 0 Å². The van der Waals surface area contributed by atoms with E-state index in [2.05, 4.69) is 222 Å². The van der Waals surface area contributed by atoms with Gasteiger partial charge in [-0.05, 0) is 65.0 Å². The van der Waals surface area contributed by atoms with Crippen LogP contribution in [0.5, 0.6) is 0 Å². The third-order valence-corrected chi connectivity index (χ3v) is 13.8. The predicted molar refractivity (Wildman–Crippen MR) is 235 cm³/mol. The summed E-state index contributed by atoms with van der Waals surface area (Å²) < 4.78 is 12.3. The molecule has 50 heavy (non-hydrogen) atoms. The van der Waals surface area contributed by atoms with Gasteiger partial charge in [-0.3, -0.25) is 4.39 Å². The van der Waals surface area contributed by atoms with Crippen LogP contribution in [0.1, 0.15) is 235 Å². The molecule has 0 atom stereocenters. The second kappa shape index (κ2) is 20.5. The van der Waals surface area contributed by atoms with Crippen molar-refractivity contribution in [2.45, 2.75) is 235 Å². The minimum atomic E-state index is -0.240. The zero-order valence-electron chi connectivity index (χ0n) is 42.2. The molecule has 0 amide bonds. The van der Waals surface area contributed by atoms with Gasteiger partial charge in [0, 0.05) is 6.61 Å². The summed E-state index contributed by atoms with van der Waals surface area (Å²) in [6.45, 7) is 75.2. The van der Waals surface area contributed by atoms with Crippen LogP contribution in [0.15, 0.2) is 0 Å². The first kappa shape index (κ1) is 61.9. The number of rotatable bonds is 2. The van der Waals surface area contributed by atoms with Gasteiger partial charge in [0.1, 0.15) is 0 Å². The standard InChI is InChI=1S/C8H17F.C8H18O.4C8H18/c2*1-7(2,3)8(4,5)6-9;4*1-7(2,3)8(4,5)6/h6H2,1-5H3;9H,6H2,1-5H3;4*1-6H3. The maximum atomic E-state index is 12.3. The summed E-state index contributed by atoms with van der Waals surface area (Å²) in [7, 11) is 0. The van der Waals surface area contributed by atoms with E-state index >= 15 is 0 Å². The minimum absolute atomic E-state index is 0.0347. The maximum Gasteiger partial charge on any atom is 0.0950 e. The zero-order valence-corrected chi connectivity index (χ0v) is 42.2. The fourth-order valence-electron chi connectivity index (χ4n) is 0.438. The maximum absolute atomic E-state index is 12.3. The molecule has 0 rings (SSSR count). The molecule has 0 aromatic heterocycles. The van der Waals surface area contributed by atoms with Gasteiger partial charge < -0.3 is 5.11 Å². The summed E-state index contributed by atoms with van der Waals surface area (Å²) in [5, 5.41) is 8.93. The Morgan fingerprint density at radius 2 is 0.360 bits per heavy atom. The molecule has 0 radical (unpaired) electrons. The van der Waals surface area contributed by atoms with Crippen LogP contribution in [0.4, 0.5) is 4.39 Å². The van der Waals surface area contributed by atoms with Gasteiger partial charge in [0.25, 0.3) is 0 Å². The summed E-state index contributed by atoms with van der Waals surface area (Å²) in [4.78, 5) is 0. The minimum Gasteiger partial charge on any atom is -0.396 e. The molecular formula is C48H107FO. The lowest BCUT2D eigenvalue weighted by Crippen LogP contribution is -2.32. The Bertz CT molecular complexity index is 660. The Labute approximate surface area is 322 Å². The summed E-state index contributed by atoms with van der Waals surface area (Å²) >= 11 is 0. The zero-order chi connectivity index (χ0) is 43.4. The van der Waals surface area contributed by atoms with Crippen molar-refractivity contribution < 1.29 is 9.50 Å². The fraction of sp³-hybridized carbons (Fsp3) is 1.00. The molecule has 0 fully saturated rings. The van der Waals surface area contributed by atoms with E-state index < -0.39 is 0 Å². The quantitative estimate of drug-likeness (QED) is 0.301. The monoisotopic (exact) mass is 719 g/mol. The molecule has 0 aliphatic carbocycles. The van der Waals surface area contributed by atoms with Gasteiger partial charge in [-0.15, -0.1) is 0 Å². The highest BCUT2D eigenvalue weighted by Crippen LogP contribution is 2.40. The molecule has 0 unspecified atom stereocenters. The SMILES string of the molecule is CC(C)(C)C(C)(C)C.CC(C)(C)C(C)(C)C.CC(C)(C)C(C)(C)C.CC(C)(C)C(C)(C)C.CC(C)(C)C(C)(C)CF.CC(C)(C)C(C)(C)CO. The highest BCUT2D eigenvalue weighted by Gasteiger charge is 2.33. The number of hydrogen-bond donors (Lipinski definition) is 1. The number of aliphatic hydroxyl groups is 1. The van der Waals surface area contributed by atoms with Crippen LogP contribution in [-0.4, -0.2) is 18.4 Å². The van der Waals surface area contributed by atoms with Crippen LogP contribution in [0, 0.1) is 65.0 Å². The summed E-state index contributed by atoms with van der Waals surface area (Å²) in [6.07, 6.45) is 0. The first-order valence-corrected chi connectivity index (χ1v) is 19.8. The van der Waals surface area contributed by atoms with E-state index in [0.717, 1.165) is 0 Å². The molecular weight excluding hydrogens is 612 g/mol. The molecule has 312 valence electrons.